The molecule has 0 aliphatic carbocycles. The largest absolute Gasteiger partial charge is 0.465 e. The van der Waals surface area contributed by atoms with Crippen LogP contribution in [0.3, 0.4) is 0 Å². The molecule has 14 heavy (non-hydrogen) atoms. The van der Waals surface area contributed by atoms with Gasteiger partial charge in [0.1, 0.15) is 5.56 Å². The Morgan fingerprint density at radius 3 is 2.79 bits per heavy atom. The lowest BCUT2D eigenvalue weighted by Gasteiger charge is -2.08. The molecule has 3 nitrogen and oxygen atoms in total. The summed E-state index contributed by atoms with van der Waals surface area (Å²) in [4.78, 5) is 11.2. The second-order valence-corrected chi connectivity index (χ2v) is 4.45. The van der Waals surface area contributed by atoms with Gasteiger partial charge in [-0.3, -0.25) is 0 Å². The van der Waals surface area contributed by atoms with Crippen LogP contribution in [-0.2, 0) is 4.74 Å². The predicted octanol–water partition coefficient (Wildman–Crippen LogP) is 2.56. The van der Waals surface area contributed by atoms with Crippen molar-refractivity contribution in [3.8, 4) is 0 Å². The summed E-state index contributed by atoms with van der Waals surface area (Å²) >= 11 is 4.90. The first-order chi connectivity index (χ1) is 6.49. The van der Waals surface area contributed by atoms with Crippen molar-refractivity contribution in [2.75, 3.05) is 12.8 Å². The van der Waals surface area contributed by atoms with E-state index in [9.17, 15) is 9.18 Å². The molecule has 1 rings (SSSR count). The zero-order valence-electron chi connectivity index (χ0n) is 7.11. The van der Waals surface area contributed by atoms with Crippen LogP contribution in [0.2, 0.25) is 0 Å². The zero-order chi connectivity index (χ0) is 10.9. The van der Waals surface area contributed by atoms with Crippen LogP contribution < -0.4 is 5.73 Å². The molecule has 0 unspecified atom stereocenters. The number of halogens is 3. The molecule has 0 aromatic heterocycles. The topological polar surface area (TPSA) is 52.3 Å². The van der Waals surface area contributed by atoms with Crippen molar-refractivity contribution >= 4 is 50.2 Å². The smallest absolute Gasteiger partial charge is 0.343 e. The Hall–Kier alpha value is -0.370. The van der Waals surface area contributed by atoms with Crippen molar-refractivity contribution in [2.24, 2.45) is 0 Å². The predicted molar refractivity (Wildman–Crippen MR) is 62.6 cm³/mol. The van der Waals surface area contributed by atoms with Crippen LogP contribution in [-0.4, -0.2) is 13.1 Å². The van der Waals surface area contributed by atoms with E-state index in [2.05, 4.69) is 20.7 Å². The SMILES string of the molecule is COC(=O)c1c(N)c(I)cc(Br)c1F. The normalized spacial score (nSPS) is 10.0. The van der Waals surface area contributed by atoms with E-state index in [1.165, 1.54) is 13.2 Å². The third-order valence-electron chi connectivity index (χ3n) is 1.60. The highest BCUT2D eigenvalue weighted by Gasteiger charge is 2.20. The number of hydrogen-bond acceptors (Lipinski definition) is 3. The third-order valence-corrected chi connectivity index (χ3v) is 3.07. The molecule has 0 aliphatic rings. The first-order valence-corrected chi connectivity index (χ1v) is 5.37. The number of esters is 1. The second kappa shape index (κ2) is 4.43. The van der Waals surface area contributed by atoms with Gasteiger partial charge in [-0.1, -0.05) is 0 Å². The summed E-state index contributed by atoms with van der Waals surface area (Å²) in [6.45, 7) is 0. The van der Waals surface area contributed by atoms with E-state index in [1.54, 1.807) is 0 Å². The van der Waals surface area contributed by atoms with Crippen LogP contribution in [0, 0.1) is 9.39 Å². The molecule has 6 heteroatoms. The number of hydrogen-bond donors (Lipinski definition) is 1. The fourth-order valence-electron chi connectivity index (χ4n) is 0.911. The monoisotopic (exact) mass is 373 g/mol. The molecule has 0 radical (unpaired) electrons. The van der Waals surface area contributed by atoms with Gasteiger partial charge in [-0.05, 0) is 44.6 Å². The summed E-state index contributed by atoms with van der Waals surface area (Å²) in [5, 5.41) is 0. The molecule has 0 amide bonds. The number of rotatable bonds is 1. The zero-order valence-corrected chi connectivity index (χ0v) is 10.8. The number of carbonyl (C=O) groups is 1. The van der Waals surface area contributed by atoms with E-state index in [0.29, 0.717) is 3.57 Å². The second-order valence-electron chi connectivity index (χ2n) is 2.43. The lowest BCUT2D eigenvalue weighted by molar-refractivity contribution is 0.0596. The van der Waals surface area contributed by atoms with Gasteiger partial charge in [-0.25, -0.2) is 9.18 Å². The summed E-state index contributed by atoms with van der Waals surface area (Å²) in [7, 11) is 1.18. The van der Waals surface area contributed by atoms with Gasteiger partial charge in [-0.15, -0.1) is 0 Å². The van der Waals surface area contributed by atoms with Crippen molar-refractivity contribution in [2.45, 2.75) is 0 Å². The molecule has 0 fully saturated rings. The molecule has 0 bridgehead atoms. The van der Waals surface area contributed by atoms with E-state index in [-0.39, 0.29) is 15.7 Å². The quantitative estimate of drug-likeness (QED) is 0.356. The Bertz CT molecular complexity index is 371. The first-order valence-electron chi connectivity index (χ1n) is 3.50. The minimum atomic E-state index is -0.779. The molecule has 1 aromatic rings. The fourth-order valence-corrected chi connectivity index (χ4v) is 2.35. The number of nitrogens with two attached hydrogens (primary N) is 1. The maximum atomic E-state index is 13.4. The Kier molecular flexibility index (Phi) is 3.71. The van der Waals surface area contributed by atoms with Crippen LogP contribution in [0.15, 0.2) is 10.5 Å². The Labute approximate surface area is 102 Å². The van der Waals surface area contributed by atoms with Gasteiger partial charge in [0.25, 0.3) is 0 Å². The summed E-state index contributed by atoms with van der Waals surface area (Å²) in [5.74, 6) is -1.48. The molecular formula is C8H6BrFINO2. The van der Waals surface area contributed by atoms with E-state index in [1.807, 2.05) is 22.6 Å². The summed E-state index contributed by atoms with van der Waals surface area (Å²) in [6, 6.07) is 1.50. The van der Waals surface area contributed by atoms with Gasteiger partial charge in [0.05, 0.1) is 17.3 Å². The number of methoxy groups -OCH3 is 1. The van der Waals surface area contributed by atoms with Gasteiger partial charge >= 0.3 is 5.97 Å². The number of benzene rings is 1. The van der Waals surface area contributed by atoms with Gasteiger partial charge in [0, 0.05) is 3.57 Å². The highest BCUT2D eigenvalue weighted by atomic mass is 127. The number of nitrogen functional groups attached to an aromatic ring is 1. The molecular weight excluding hydrogens is 368 g/mol. The Morgan fingerprint density at radius 1 is 1.71 bits per heavy atom. The molecule has 0 spiro atoms. The molecule has 0 saturated heterocycles. The van der Waals surface area contributed by atoms with Crippen molar-refractivity contribution < 1.29 is 13.9 Å². The Balaban J connectivity index is 3.47. The van der Waals surface area contributed by atoms with Crippen molar-refractivity contribution in [3.63, 3.8) is 0 Å². The van der Waals surface area contributed by atoms with Crippen LogP contribution in [0.1, 0.15) is 10.4 Å². The molecule has 76 valence electrons. The lowest BCUT2D eigenvalue weighted by Crippen LogP contribution is -2.10. The van der Waals surface area contributed by atoms with Gasteiger partial charge < -0.3 is 10.5 Å². The highest BCUT2D eigenvalue weighted by molar-refractivity contribution is 14.1. The van der Waals surface area contributed by atoms with Crippen molar-refractivity contribution in [1.82, 2.24) is 0 Å². The van der Waals surface area contributed by atoms with Crippen LogP contribution in [0.4, 0.5) is 10.1 Å². The van der Waals surface area contributed by atoms with Crippen LogP contribution >= 0.6 is 38.5 Å². The van der Waals surface area contributed by atoms with Crippen LogP contribution in [0.25, 0.3) is 0 Å². The molecule has 0 atom stereocenters. The maximum absolute atomic E-state index is 13.4. The summed E-state index contributed by atoms with van der Waals surface area (Å²) < 4.78 is 18.7. The average molecular weight is 374 g/mol. The summed E-state index contributed by atoms with van der Waals surface area (Å²) in [5.41, 5.74) is 5.42. The summed E-state index contributed by atoms with van der Waals surface area (Å²) in [6.07, 6.45) is 0. The van der Waals surface area contributed by atoms with Crippen molar-refractivity contribution in [3.05, 3.63) is 25.5 Å². The number of carbonyl (C=O) groups excluding carboxylic acids is 1. The Morgan fingerprint density at radius 2 is 2.29 bits per heavy atom. The molecule has 0 aliphatic heterocycles. The maximum Gasteiger partial charge on any atom is 0.343 e. The minimum absolute atomic E-state index is 0.0955. The number of anilines is 1. The fraction of sp³-hybridized carbons (Fsp3) is 0.125. The van der Waals surface area contributed by atoms with E-state index in [4.69, 9.17) is 5.73 Å². The minimum Gasteiger partial charge on any atom is -0.465 e. The van der Waals surface area contributed by atoms with E-state index in [0.717, 1.165) is 0 Å². The van der Waals surface area contributed by atoms with E-state index >= 15 is 0 Å². The van der Waals surface area contributed by atoms with Crippen LogP contribution in [0.5, 0.6) is 0 Å². The van der Waals surface area contributed by atoms with Crippen molar-refractivity contribution in [1.29, 1.82) is 0 Å². The molecule has 0 saturated carbocycles. The van der Waals surface area contributed by atoms with E-state index < -0.39 is 11.8 Å². The van der Waals surface area contributed by atoms with Gasteiger partial charge in [-0.2, -0.15) is 0 Å². The standard InChI is InChI=1S/C8H6BrFINO2/c1-14-8(13)5-6(10)3(9)2-4(11)7(5)12/h2H,12H2,1H3. The highest BCUT2D eigenvalue weighted by Crippen LogP contribution is 2.29. The third kappa shape index (κ3) is 2.00. The lowest BCUT2D eigenvalue weighted by atomic mass is 10.2. The number of ether oxygens (including phenoxy) is 1. The molecule has 0 heterocycles. The van der Waals surface area contributed by atoms with Gasteiger partial charge in [0.2, 0.25) is 0 Å². The average Bonchev–Trinajstić information content (AvgIpc) is 2.15. The molecule has 2 N–H and O–H groups in total. The molecule has 1 aromatic carbocycles. The van der Waals surface area contributed by atoms with Gasteiger partial charge in [0.15, 0.2) is 5.82 Å². The first kappa shape index (κ1) is 11.7.